The van der Waals surface area contributed by atoms with Gasteiger partial charge in [0.1, 0.15) is 5.60 Å². The van der Waals surface area contributed by atoms with Crippen molar-refractivity contribution in [2.75, 3.05) is 0 Å². The highest BCUT2D eigenvalue weighted by molar-refractivity contribution is 5.76. The summed E-state index contributed by atoms with van der Waals surface area (Å²) in [4.78, 5) is 24.4. The molecule has 2 rings (SSSR count). The number of esters is 1. The number of hydrogen-bond donors (Lipinski definition) is 1. The van der Waals surface area contributed by atoms with Crippen LogP contribution < -0.4 is 5.32 Å². The summed E-state index contributed by atoms with van der Waals surface area (Å²) in [5.74, 6) is 0.0191. The number of nitrogens with one attached hydrogen (secondary N) is 1. The van der Waals surface area contributed by atoms with Gasteiger partial charge in [0.2, 0.25) is 5.91 Å². The number of unbranched alkanes of at least 4 members (excludes halogenated alkanes) is 3. The molecule has 1 N–H and O–H groups in total. The lowest BCUT2D eigenvalue weighted by atomic mass is 9.99. The Kier molecular flexibility index (Phi) is 13.2. The molecule has 192 valence electrons. The SMILES string of the molecule is CC(C)(C)OC(=O)CCCCCCC(=O)NC(CCCc1ccccc1)CCCc1ccccc1. The van der Waals surface area contributed by atoms with Gasteiger partial charge in [-0.25, -0.2) is 0 Å². The first-order valence-electron chi connectivity index (χ1n) is 13.4. The Balaban J connectivity index is 1.68. The normalized spacial score (nSPS) is 11.4. The van der Waals surface area contributed by atoms with Gasteiger partial charge >= 0.3 is 5.97 Å². The molecule has 0 saturated heterocycles. The number of aryl methyl sites for hydroxylation is 2. The quantitative estimate of drug-likeness (QED) is 0.205. The van der Waals surface area contributed by atoms with E-state index in [0.717, 1.165) is 64.2 Å². The number of carbonyl (C=O) groups is 2. The van der Waals surface area contributed by atoms with Gasteiger partial charge in [-0.2, -0.15) is 0 Å². The number of carbonyl (C=O) groups excluding carboxylic acids is 2. The first kappa shape index (κ1) is 28.6. The van der Waals surface area contributed by atoms with E-state index in [2.05, 4.69) is 53.8 Å². The molecule has 2 aromatic rings. The topological polar surface area (TPSA) is 55.4 Å². The Morgan fingerprint density at radius 3 is 1.69 bits per heavy atom. The molecule has 0 atom stereocenters. The Bertz CT molecular complexity index is 797. The van der Waals surface area contributed by atoms with Crippen molar-refractivity contribution >= 4 is 11.9 Å². The van der Waals surface area contributed by atoms with E-state index < -0.39 is 5.60 Å². The number of hydrogen-bond acceptors (Lipinski definition) is 3. The summed E-state index contributed by atoms with van der Waals surface area (Å²) in [5, 5.41) is 3.31. The molecule has 2 aromatic carbocycles. The van der Waals surface area contributed by atoms with Crippen LogP contribution in [0.3, 0.4) is 0 Å². The molecule has 0 heterocycles. The summed E-state index contributed by atoms with van der Waals surface area (Å²) in [6.07, 6.45) is 10.8. The van der Waals surface area contributed by atoms with Gasteiger partial charge in [0.15, 0.2) is 0 Å². The van der Waals surface area contributed by atoms with Crippen LogP contribution in [-0.2, 0) is 27.2 Å². The van der Waals surface area contributed by atoms with E-state index in [9.17, 15) is 9.59 Å². The monoisotopic (exact) mass is 479 g/mol. The summed E-state index contributed by atoms with van der Waals surface area (Å²) in [6.45, 7) is 5.67. The molecule has 0 unspecified atom stereocenters. The van der Waals surface area contributed by atoms with Crippen molar-refractivity contribution in [3.63, 3.8) is 0 Å². The molecule has 0 aliphatic rings. The molecular formula is C31H45NO3. The van der Waals surface area contributed by atoms with Crippen molar-refractivity contribution in [1.29, 1.82) is 0 Å². The second-order valence-corrected chi connectivity index (χ2v) is 10.5. The zero-order valence-electron chi connectivity index (χ0n) is 22.1. The van der Waals surface area contributed by atoms with Crippen molar-refractivity contribution in [3.8, 4) is 0 Å². The van der Waals surface area contributed by atoms with E-state index in [1.165, 1.54) is 11.1 Å². The van der Waals surface area contributed by atoms with Crippen molar-refractivity contribution in [2.24, 2.45) is 0 Å². The first-order valence-corrected chi connectivity index (χ1v) is 13.4. The number of benzene rings is 2. The van der Waals surface area contributed by atoms with Crippen LogP contribution in [0.1, 0.15) is 96.1 Å². The van der Waals surface area contributed by atoms with Crippen molar-refractivity contribution in [3.05, 3.63) is 71.8 Å². The molecule has 0 fully saturated rings. The van der Waals surface area contributed by atoms with E-state index in [1.807, 2.05) is 32.9 Å². The third-order valence-corrected chi connectivity index (χ3v) is 6.04. The average molecular weight is 480 g/mol. The number of amides is 1. The predicted molar refractivity (Wildman–Crippen MR) is 144 cm³/mol. The van der Waals surface area contributed by atoms with Crippen LogP contribution in [0.2, 0.25) is 0 Å². The third-order valence-electron chi connectivity index (χ3n) is 6.04. The summed E-state index contributed by atoms with van der Waals surface area (Å²) < 4.78 is 5.34. The summed E-state index contributed by atoms with van der Waals surface area (Å²) in [7, 11) is 0. The maximum atomic E-state index is 12.6. The fraction of sp³-hybridized carbons (Fsp3) is 0.548. The minimum atomic E-state index is -0.423. The van der Waals surface area contributed by atoms with Crippen LogP contribution in [0.25, 0.3) is 0 Å². The van der Waals surface area contributed by atoms with Crippen LogP contribution in [0, 0.1) is 0 Å². The minimum Gasteiger partial charge on any atom is -0.460 e. The van der Waals surface area contributed by atoms with Crippen LogP contribution in [-0.4, -0.2) is 23.5 Å². The van der Waals surface area contributed by atoms with Gasteiger partial charge in [-0.1, -0.05) is 73.5 Å². The molecule has 35 heavy (non-hydrogen) atoms. The highest BCUT2D eigenvalue weighted by atomic mass is 16.6. The van der Waals surface area contributed by atoms with Crippen LogP contribution in [0.4, 0.5) is 0 Å². The van der Waals surface area contributed by atoms with Crippen LogP contribution >= 0.6 is 0 Å². The molecule has 0 aliphatic heterocycles. The summed E-state index contributed by atoms with van der Waals surface area (Å²) >= 11 is 0. The zero-order valence-corrected chi connectivity index (χ0v) is 22.1. The Hall–Kier alpha value is -2.62. The van der Waals surface area contributed by atoms with Gasteiger partial charge in [-0.15, -0.1) is 0 Å². The second-order valence-electron chi connectivity index (χ2n) is 10.5. The highest BCUT2D eigenvalue weighted by Crippen LogP contribution is 2.14. The van der Waals surface area contributed by atoms with E-state index in [0.29, 0.717) is 12.8 Å². The largest absolute Gasteiger partial charge is 0.460 e. The van der Waals surface area contributed by atoms with Gasteiger partial charge in [-0.05, 0) is 83.3 Å². The van der Waals surface area contributed by atoms with Gasteiger partial charge in [0.05, 0.1) is 0 Å². The lowest BCUT2D eigenvalue weighted by Crippen LogP contribution is -2.34. The molecule has 0 bridgehead atoms. The fourth-order valence-electron chi connectivity index (χ4n) is 4.28. The van der Waals surface area contributed by atoms with E-state index in [4.69, 9.17) is 4.74 Å². The lowest BCUT2D eigenvalue weighted by Gasteiger charge is -2.19. The van der Waals surface area contributed by atoms with Crippen LogP contribution in [0.15, 0.2) is 60.7 Å². The molecule has 0 spiro atoms. The number of rotatable bonds is 16. The summed E-state index contributed by atoms with van der Waals surface area (Å²) in [6, 6.07) is 21.4. The molecule has 0 aromatic heterocycles. The van der Waals surface area contributed by atoms with Crippen molar-refractivity contribution in [1.82, 2.24) is 5.32 Å². The van der Waals surface area contributed by atoms with Gasteiger partial charge in [0, 0.05) is 18.9 Å². The van der Waals surface area contributed by atoms with E-state index >= 15 is 0 Å². The Morgan fingerprint density at radius 1 is 0.714 bits per heavy atom. The molecule has 0 saturated carbocycles. The lowest BCUT2D eigenvalue weighted by molar-refractivity contribution is -0.154. The maximum absolute atomic E-state index is 12.6. The molecule has 4 nitrogen and oxygen atoms in total. The predicted octanol–water partition coefficient (Wildman–Crippen LogP) is 7.20. The second kappa shape index (κ2) is 16.1. The smallest absolute Gasteiger partial charge is 0.306 e. The third kappa shape index (κ3) is 14.4. The molecule has 4 heteroatoms. The maximum Gasteiger partial charge on any atom is 0.306 e. The van der Waals surface area contributed by atoms with Gasteiger partial charge < -0.3 is 10.1 Å². The van der Waals surface area contributed by atoms with Gasteiger partial charge in [-0.3, -0.25) is 9.59 Å². The first-order chi connectivity index (χ1) is 16.8. The van der Waals surface area contributed by atoms with Gasteiger partial charge in [0.25, 0.3) is 0 Å². The van der Waals surface area contributed by atoms with Crippen LogP contribution in [0.5, 0.6) is 0 Å². The Labute approximate surface area is 212 Å². The standard InChI is InChI=1S/C31H45NO3/c1-31(2,3)35-30(34)25-13-5-4-12-24-29(33)32-28(22-14-20-26-16-8-6-9-17-26)23-15-21-27-18-10-7-11-19-27/h6-11,16-19,28H,4-5,12-15,20-25H2,1-3H3,(H,32,33). The molecule has 0 radical (unpaired) electrons. The summed E-state index contributed by atoms with van der Waals surface area (Å²) in [5.41, 5.74) is 2.29. The molecule has 0 aliphatic carbocycles. The minimum absolute atomic E-state index is 0.135. The molecule has 1 amide bonds. The number of ether oxygens (including phenoxy) is 1. The Morgan fingerprint density at radius 2 is 1.20 bits per heavy atom. The average Bonchev–Trinajstić information content (AvgIpc) is 2.81. The highest BCUT2D eigenvalue weighted by Gasteiger charge is 2.16. The van der Waals surface area contributed by atoms with Crippen molar-refractivity contribution in [2.45, 2.75) is 109 Å². The fourth-order valence-corrected chi connectivity index (χ4v) is 4.28. The van der Waals surface area contributed by atoms with E-state index in [1.54, 1.807) is 0 Å². The zero-order chi connectivity index (χ0) is 25.4. The van der Waals surface area contributed by atoms with Crippen molar-refractivity contribution < 1.29 is 14.3 Å². The molecular weight excluding hydrogens is 434 g/mol. The van der Waals surface area contributed by atoms with E-state index in [-0.39, 0.29) is 17.9 Å².